The number of nitrogens with zero attached hydrogens (tertiary/aromatic N) is 2. The van der Waals surface area contributed by atoms with E-state index in [-0.39, 0.29) is 17.7 Å². The molecule has 92 valence electrons. The predicted octanol–water partition coefficient (Wildman–Crippen LogP) is 2.15. The number of amides is 1. The zero-order chi connectivity index (χ0) is 12.8. The van der Waals surface area contributed by atoms with E-state index in [1.54, 1.807) is 12.1 Å². The molecule has 1 aromatic heterocycles. The number of anilines is 1. The van der Waals surface area contributed by atoms with Crippen LogP contribution in [-0.2, 0) is 4.79 Å². The van der Waals surface area contributed by atoms with E-state index in [9.17, 15) is 4.79 Å². The first-order valence-electron chi connectivity index (χ1n) is 5.19. The first-order valence-corrected chi connectivity index (χ1v) is 5.57. The van der Waals surface area contributed by atoms with Gasteiger partial charge in [0.05, 0.1) is 12.4 Å². The van der Waals surface area contributed by atoms with Crippen molar-refractivity contribution in [2.24, 2.45) is 0 Å². The van der Waals surface area contributed by atoms with Gasteiger partial charge in [-0.3, -0.25) is 9.78 Å². The molecule has 0 aliphatic rings. The number of carbonyl (C=O) groups is 1. The van der Waals surface area contributed by atoms with E-state index in [0.29, 0.717) is 11.6 Å². The van der Waals surface area contributed by atoms with Crippen LogP contribution < -0.4 is 10.1 Å². The van der Waals surface area contributed by atoms with E-state index < -0.39 is 0 Å². The summed E-state index contributed by atoms with van der Waals surface area (Å²) in [7, 11) is 0. The van der Waals surface area contributed by atoms with Crippen LogP contribution in [0, 0.1) is 0 Å². The van der Waals surface area contributed by atoms with Crippen molar-refractivity contribution in [3.63, 3.8) is 0 Å². The zero-order valence-corrected chi connectivity index (χ0v) is 10.1. The molecule has 0 radical (unpaired) electrons. The Kier molecular flexibility index (Phi) is 4.09. The van der Waals surface area contributed by atoms with Crippen molar-refractivity contribution in [2.45, 2.75) is 0 Å². The summed E-state index contributed by atoms with van der Waals surface area (Å²) in [5, 5.41) is 2.75. The van der Waals surface area contributed by atoms with Crippen LogP contribution in [0.25, 0.3) is 0 Å². The van der Waals surface area contributed by atoms with E-state index in [4.69, 9.17) is 16.3 Å². The van der Waals surface area contributed by atoms with Gasteiger partial charge < -0.3 is 10.1 Å². The largest absolute Gasteiger partial charge is 0.484 e. The Morgan fingerprint density at radius 1 is 1.28 bits per heavy atom. The highest BCUT2D eigenvalue weighted by molar-refractivity contribution is 6.29. The number of carbonyl (C=O) groups excluding carboxylic acids is 1. The number of benzene rings is 1. The van der Waals surface area contributed by atoms with Crippen molar-refractivity contribution in [1.82, 2.24) is 9.97 Å². The molecular weight excluding hydrogens is 254 g/mol. The molecule has 2 rings (SSSR count). The molecule has 18 heavy (non-hydrogen) atoms. The number of aromatic nitrogens is 2. The number of para-hydroxylation sites is 1. The second kappa shape index (κ2) is 5.97. The molecule has 0 saturated carbocycles. The lowest BCUT2D eigenvalue weighted by Crippen LogP contribution is -2.20. The van der Waals surface area contributed by atoms with Gasteiger partial charge in [0.25, 0.3) is 5.91 Å². The van der Waals surface area contributed by atoms with Crippen LogP contribution in [-0.4, -0.2) is 22.5 Å². The molecule has 1 amide bonds. The average molecular weight is 264 g/mol. The second-order valence-electron chi connectivity index (χ2n) is 3.38. The maximum Gasteiger partial charge on any atom is 0.263 e. The predicted molar refractivity (Wildman–Crippen MR) is 67.6 cm³/mol. The standard InChI is InChI=1S/C12H10ClN3O2/c13-10-6-14-7-11(15-10)16-12(17)8-18-9-4-2-1-3-5-9/h1-7H,8H2,(H,15,16,17). The molecule has 0 fully saturated rings. The summed E-state index contributed by atoms with van der Waals surface area (Å²) >= 11 is 5.65. The zero-order valence-electron chi connectivity index (χ0n) is 9.34. The molecule has 0 unspecified atom stereocenters. The summed E-state index contributed by atoms with van der Waals surface area (Å²) in [5.74, 6) is 0.601. The lowest BCUT2D eigenvalue weighted by molar-refractivity contribution is -0.118. The van der Waals surface area contributed by atoms with Gasteiger partial charge in [-0.15, -0.1) is 0 Å². The monoisotopic (exact) mass is 263 g/mol. The molecule has 0 aliphatic heterocycles. The highest BCUT2D eigenvalue weighted by Gasteiger charge is 2.05. The molecule has 1 aromatic carbocycles. The number of rotatable bonds is 4. The molecule has 5 nitrogen and oxygen atoms in total. The average Bonchev–Trinajstić information content (AvgIpc) is 2.38. The Bertz CT molecular complexity index is 534. The van der Waals surface area contributed by atoms with Crippen molar-refractivity contribution in [3.05, 3.63) is 47.9 Å². The third kappa shape index (κ3) is 3.71. The van der Waals surface area contributed by atoms with Crippen LogP contribution in [0.15, 0.2) is 42.7 Å². The quantitative estimate of drug-likeness (QED) is 0.918. The third-order valence-corrected chi connectivity index (χ3v) is 2.17. The Morgan fingerprint density at radius 3 is 2.78 bits per heavy atom. The maximum atomic E-state index is 11.6. The Hall–Kier alpha value is -2.14. The molecular formula is C12H10ClN3O2. The summed E-state index contributed by atoms with van der Waals surface area (Å²) in [5.41, 5.74) is 0. The number of hydrogen-bond acceptors (Lipinski definition) is 4. The lowest BCUT2D eigenvalue weighted by atomic mass is 10.3. The SMILES string of the molecule is O=C(COc1ccccc1)Nc1cncc(Cl)n1. The van der Waals surface area contributed by atoms with E-state index in [1.807, 2.05) is 18.2 Å². The van der Waals surface area contributed by atoms with Crippen molar-refractivity contribution < 1.29 is 9.53 Å². The fraction of sp³-hybridized carbons (Fsp3) is 0.0833. The van der Waals surface area contributed by atoms with Crippen molar-refractivity contribution in [1.29, 1.82) is 0 Å². The highest BCUT2D eigenvalue weighted by atomic mass is 35.5. The molecule has 0 bridgehead atoms. The summed E-state index contributed by atoms with van der Waals surface area (Å²) in [6, 6.07) is 9.07. The molecule has 6 heteroatoms. The van der Waals surface area contributed by atoms with Crippen LogP contribution in [0.3, 0.4) is 0 Å². The van der Waals surface area contributed by atoms with Gasteiger partial charge in [-0.2, -0.15) is 0 Å². The highest BCUT2D eigenvalue weighted by Crippen LogP contribution is 2.09. The Balaban J connectivity index is 1.86. The number of halogens is 1. The summed E-state index contributed by atoms with van der Waals surface area (Å²) in [4.78, 5) is 19.2. The third-order valence-electron chi connectivity index (χ3n) is 1.99. The number of ether oxygens (including phenoxy) is 1. The van der Waals surface area contributed by atoms with Crippen LogP contribution in [0.4, 0.5) is 5.82 Å². The van der Waals surface area contributed by atoms with Crippen LogP contribution in [0.2, 0.25) is 5.15 Å². The van der Waals surface area contributed by atoms with Crippen LogP contribution >= 0.6 is 11.6 Å². The lowest BCUT2D eigenvalue weighted by Gasteiger charge is -2.06. The smallest absolute Gasteiger partial charge is 0.263 e. The molecule has 0 saturated heterocycles. The minimum Gasteiger partial charge on any atom is -0.484 e. The minimum atomic E-state index is -0.324. The van der Waals surface area contributed by atoms with Gasteiger partial charge in [0.15, 0.2) is 12.4 Å². The Morgan fingerprint density at radius 2 is 2.06 bits per heavy atom. The first kappa shape index (κ1) is 12.3. The number of nitrogens with one attached hydrogen (secondary N) is 1. The fourth-order valence-corrected chi connectivity index (χ4v) is 1.39. The first-order chi connectivity index (χ1) is 8.74. The number of hydrogen-bond donors (Lipinski definition) is 1. The topological polar surface area (TPSA) is 64.1 Å². The Labute approximate surface area is 109 Å². The van der Waals surface area contributed by atoms with Crippen molar-refractivity contribution >= 4 is 23.3 Å². The molecule has 2 aromatic rings. The molecule has 0 atom stereocenters. The van der Waals surface area contributed by atoms with E-state index >= 15 is 0 Å². The molecule has 1 heterocycles. The summed E-state index contributed by atoms with van der Waals surface area (Å²) in [6.45, 7) is -0.0990. The van der Waals surface area contributed by atoms with Gasteiger partial charge in [0.2, 0.25) is 0 Å². The maximum absolute atomic E-state index is 11.6. The van der Waals surface area contributed by atoms with Gasteiger partial charge in [0, 0.05) is 0 Å². The van der Waals surface area contributed by atoms with E-state index in [2.05, 4.69) is 15.3 Å². The minimum absolute atomic E-state index is 0.0990. The van der Waals surface area contributed by atoms with E-state index in [0.717, 1.165) is 0 Å². The summed E-state index contributed by atoms with van der Waals surface area (Å²) < 4.78 is 5.28. The van der Waals surface area contributed by atoms with Gasteiger partial charge >= 0.3 is 0 Å². The molecule has 1 N–H and O–H groups in total. The van der Waals surface area contributed by atoms with Crippen LogP contribution in [0.5, 0.6) is 5.75 Å². The van der Waals surface area contributed by atoms with E-state index in [1.165, 1.54) is 12.4 Å². The molecule has 0 aliphatic carbocycles. The fourth-order valence-electron chi connectivity index (χ4n) is 1.25. The van der Waals surface area contributed by atoms with Gasteiger partial charge in [-0.1, -0.05) is 29.8 Å². The van der Waals surface area contributed by atoms with Crippen LogP contribution in [0.1, 0.15) is 0 Å². The van der Waals surface area contributed by atoms with Crippen molar-refractivity contribution in [2.75, 3.05) is 11.9 Å². The summed E-state index contributed by atoms with van der Waals surface area (Å²) in [6.07, 6.45) is 2.80. The second-order valence-corrected chi connectivity index (χ2v) is 3.76. The van der Waals surface area contributed by atoms with Gasteiger partial charge in [-0.05, 0) is 12.1 Å². The normalized spacial score (nSPS) is 9.83. The van der Waals surface area contributed by atoms with Gasteiger partial charge in [0.1, 0.15) is 10.9 Å². The molecule has 0 spiro atoms. The van der Waals surface area contributed by atoms with Gasteiger partial charge in [-0.25, -0.2) is 4.98 Å². The van der Waals surface area contributed by atoms with Crippen molar-refractivity contribution in [3.8, 4) is 5.75 Å².